The van der Waals surface area contributed by atoms with E-state index in [1.165, 1.54) is 11.3 Å². The summed E-state index contributed by atoms with van der Waals surface area (Å²) in [6, 6.07) is 5.00. The Balaban J connectivity index is 2.10. The van der Waals surface area contributed by atoms with Gasteiger partial charge in [0.2, 0.25) is 0 Å². The van der Waals surface area contributed by atoms with E-state index >= 15 is 0 Å². The van der Waals surface area contributed by atoms with E-state index < -0.39 is 0 Å². The van der Waals surface area contributed by atoms with Gasteiger partial charge < -0.3 is 5.32 Å². The van der Waals surface area contributed by atoms with E-state index in [-0.39, 0.29) is 0 Å². The first-order valence-corrected chi connectivity index (χ1v) is 6.30. The van der Waals surface area contributed by atoms with Gasteiger partial charge in [-0.2, -0.15) is 0 Å². The number of thiophene rings is 1. The second kappa shape index (κ2) is 3.67. The van der Waals surface area contributed by atoms with Gasteiger partial charge in [-0.25, -0.2) is 0 Å². The lowest BCUT2D eigenvalue weighted by molar-refractivity contribution is 0.428. The maximum Gasteiger partial charge on any atom is 0.0448 e. The fourth-order valence-corrected chi connectivity index (χ4v) is 3.07. The summed E-state index contributed by atoms with van der Waals surface area (Å²) in [5, 5.41) is 5.79. The van der Waals surface area contributed by atoms with Crippen molar-refractivity contribution in [3.63, 3.8) is 0 Å². The number of hydrogen-bond acceptors (Lipinski definition) is 2. The van der Waals surface area contributed by atoms with E-state index in [0.29, 0.717) is 11.5 Å². The highest BCUT2D eigenvalue weighted by Gasteiger charge is 2.50. The lowest BCUT2D eigenvalue weighted by atomic mass is 10.0. The lowest BCUT2D eigenvalue weighted by Gasteiger charge is -2.18. The molecule has 14 heavy (non-hydrogen) atoms. The van der Waals surface area contributed by atoms with Crippen LogP contribution in [0.15, 0.2) is 17.5 Å². The van der Waals surface area contributed by atoms with Crippen LogP contribution in [0.5, 0.6) is 0 Å². The van der Waals surface area contributed by atoms with Crippen molar-refractivity contribution < 1.29 is 0 Å². The van der Waals surface area contributed by atoms with Crippen LogP contribution < -0.4 is 5.32 Å². The van der Waals surface area contributed by atoms with Gasteiger partial charge in [-0.3, -0.25) is 0 Å². The molecule has 0 bridgehead atoms. The molecule has 2 unspecified atom stereocenters. The second-order valence-electron chi connectivity index (χ2n) is 4.85. The zero-order valence-electron chi connectivity index (χ0n) is 9.21. The zero-order valence-corrected chi connectivity index (χ0v) is 10.0. The molecule has 1 aromatic heterocycles. The lowest BCUT2D eigenvalue weighted by Crippen LogP contribution is -2.23. The Bertz CT molecular complexity index is 289. The molecule has 0 aliphatic heterocycles. The van der Waals surface area contributed by atoms with Crippen molar-refractivity contribution in [2.75, 3.05) is 6.54 Å². The molecule has 1 saturated carbocycles. The van der Waals surface area contributed by atoms with E-state index in [0.717, 1.165) is 12.5 Å². The smallest absolute Gasteiger partial charge is 0.0448 e. The quantitative estimate of drug-likeness (QED) is 0.801. The minimum atomic E-state index is 0.552. The van der Waals surface area contributed by atoms with Crippen LogP contribution in [0.3, 0.4) is 0 Å². The predicted octanol–water partition coefficient (Wildman–Crippen LogP) is 3.44. The highest BCUT2D eigenvalue weighted by molar-refractivity contribution is 7.10. The Morgan fingerprint density at radius 2 is 2.36 bits per heavy atom. The Morgan fingerprint density at radius 1 is 1.64 bits per heavy atom. The molecule has 1 N–H and O–H groups in total. The van der Waals surface area contributed by atoms with Gasteiger partial charge in [-0.15, -0.1) is 11.3 Å². The molecule has 0 amide bonds. The molecule has 78 valence electrons. The summed E-state index contributed by atoms with van der Waals surface area (Å²) >= 11 is 1.88. The summed E-state index contributed by atoms with van der Waals surface area (Å²) in [5.74, 6) is 0.834. The molecular formula is C12H19NS. The average molecular weight is 209 g/mol. The summed E-state index contributed by atoms with van der Waals surface area (Å²) in [6.45, 7) is 8.00. The molecule has 1 aliphatic rings. The van der Waals surface area contributed by atoms with Crippen LogP contribution in [0.1, 0.15) is 38.1 Å². The van der Waals surface area contributed by atoms with Gasteiger partial charge in [0, 0.05) is 10.9 Å². The largest absolute Gasteiger partial charge is 0.309 e. The highest BCUT2D eigenvalue weighted by atomic mass is 32.1. The van der Waals surface area contributed by atoms with Crippen molar-refractivity contribution in [1.29, 1.82) is 0 Å². The molecule has 1 aromatic rings. The van der Waals surface area contributed by atoms with Gasteiger partial charge in [0.25, 0.3) is 0 Å². The Hall–Kier alpha value is -0.340. The molecule has 2 heteroatoms. The summed E-state index contributed by atoms with van der Waals surface area (Å²) in [6.07, 6.45) is 1.36. The maximum atomic E-state index is 3.61. The molecule has 1 heterocycles. The number of rotatable bonds is 4. The molecule has 0 spiro atoms. The van der Waals surface area contributed by atoms with Crippen molar-refractivity contribution in [2.24, 2.45) is 11.3 Å². The van der Waals surface area contributed by atoms with Crippen molar-refractivity contribution >= 4 is 11.3 Å². The molecule has 0 aromatic carbocycles. The van der Waals surface area contributed by atoms with E-state index in [1.54, 1.807) is 0 Å². The van der Waals surface area contributed by atoms with E-state index in [9.17, 15) is 0 Å². The van der Waals surface area contributed by atoms with Crippen LogP contribution in [-0.2, 0) is 0 Å². The van der Waals surface area contributed by atoms with Crippen LogP contribution in [0, 0.1) is 11.3 Å². The monoisotopic (exact) mass is 209 g/mol. The van der Waals surface area contributed by atoms with Gasteiger partial charge >= 0.3 is 0 Å². The van der Waals surface area contributed by atoms with Crippen molar-refractivity contribution in [1.82, 2.24) is 5.32 Å². The first-order valence-electron chi connectivity index (χ1n) is 5.42. The fraction of sp³-hybridized carbons (Fsp3) is 0.667. The minimum Gasteiger partial charge on any atom is -0.309 e. The van der Waals surface area contributed by atoms with Gasteiger partial charge in [-0.1, -0.05) is 26.8 Å². The average Bonchev–Trinajstić information content (AvgIpc) is 2.61. The number of nitrogens with one attached hydrogen (secondary N) is 1. The van der Waals surface area contributed by atoms with Crippen molar-refractivity contribution in [3.05, 3.63) is 22.4 Å². The predicted molar refractivity (Wildman–Crippen MR) is 62.6 cm³/mol. The molecule has 1 aliphatic carbocycles. The van der Waals surface area contributed by atoms with E-state index in [1.807, 2.05) is 11.3 Å². The number of hydrogen-bond donors (Lipinski definition) is 1. The summed E-state index contributed by atoms with van der Waals surface area (Å²) in [4.78, 5) is 1.50. The molecule has 0 radical (unpaired) electrons. The third kappa shape index (κ3) is 1.86. The SMILES string of the molecule is CCNC(c1cccs1)C1CC1(C)C. The van der Waals surface area contributed by atoms with Crippen molar-refractivity contribution in [2.45, 2.75) is 33.2 Å². The van der Waals surface area contributed by atoms with Gasteiger partial charge in [-0.05, 0) is 35.7 Å². The van der Waals surface area contributed by atoms with Crippen LogP contribution in [0.25, 0.3) is 0 Å². The topological polar surface area (TPSA) is 12.0 Å². The summed E-state index contributed by atoms with van der Waals surface area (Å²) < 4.78 is 0. The van der Waals surface area contributed by atoms with Crippen LogP contribution in [0.2, 0.25) is 0 Å². The van der Waals surface area contributed by atoms with Gasteiger partial charge in [0.15, 0.2) is 0 Å². The fourth-order valence-electron chi connectivity index (χ4n) is 2.21. The van der Waals surface area contributed by atoms with Crippen LogP contribution in [-0.4, -0.2) is 6.54 Å². The molecule has 2 rings (SSSR count). The van der Waals surface area contributed by atoms with Gasteiger partial charge in [0.05, 0.1) is 0 Å². The van der Waals surface area contributed by atoms with Crippen LogP contribution in [0.4, 0.5) is 0 Å². The molecule has 2 atom stereocenters. The molecule has 1 nitrogen and oxygen atoms in total. The van der Waals surface area contributed by atoms with Crippen molar-refractivity contribution in [3.8, 4) is 0 Å². The Kier molecular flexibility index (Phi) is 2.67. The van der Waals surface area contributed by atoms with E-state index in [2.05, 4.69) is 43.6 Å². The Labute approximate surface area is 90.5 Å². The second-order valence-corrected chi connectivity index (χ2v) is 5.83. The zero-order chi connectivity index (χ0) is 10.2. The standard InChI is InChI=1S/C12H19NS/c1-4-13-11(9-8-12(9,2)3)10-6-5-7-14-10/h5-7,9,11,13H,4,8H2,1-3H3. The first kappa shape index (κ1) is 10.2. The van der Waals surface area contributed by atoms with E-state index in [4.69, 9.17) is 0 Å². The normalized spacial score (nSPS) is 26.1. The summed E-state index contributed by atoms with van der Waals surface area (Å²) in [5.41, 5.74) is 0.552. The van der Waals surface area contributed by atoms with Crippen LogP contribution >= 0.6 is 11.3 Å². The Morgan fingerprint density at radius 3 is 2.79 bits per heavy atom. The minimum absolute atomic E-state index is 0.552. The first-order chi connectivity index (χ1) is 6.65. The molecule has 1 fully saturated rings. The summed E-state index contributed by atoms with van der Waals surface area (Å²) in [7, 11) is 0. The maximum absolute atomic E-state index is 3.61. The van der Waals surface area contributed by atoms with Gasteiger partial charge in [0.1, 0.15) is 0 Å². The molecule has 0 saturated heterocycles. The third-order valence-corrected chi connectivity index (χ3v) is 4.22. The third-order valence-electron chi connectivity index (χ3n) is 3.27. The molecular weight excluding hydrogens is 190 g/mol. The highest BCUT2D eigenvalue weighted by Crippen LogP contribution is 2.58.